The maximum absolute atomic E-state index is 14.9. The Bertz CT molecular complexity index is 1490. The molecule has 6 rings (SSSR count). The molecule has 3 aliphatic heterocycles. The predicted molar refractivity (Wildman–Crippen MR) is 139 cm³/mol. The number of fused-ring (bicyclic) bond motifs is 2. The van der Waals surface area contributed by atoms with Crippen molar-refractivity contribution in [2.75, 3.05) is 51.3 Å². The zero-order valence-corrected chi connectivity index (χ0v) is 21.8. The van der Waals surface area contributed by atoms with E-state index in [1.54, 1.807) is 18.2 Å². The first-order valence-electron chi connectivity index (χ1n) is 13.0. The van der Waals surface area contributed by atoms with E-state index in [0.29, 0.717) is 16.7 Å². The van der Waals surface area contributed by atoms with Crippen molar-refractivity contribution < 1.29 is 27.9 Å². The fourth-order valence-corrected chi connectivity index (χ4v) is 5.64. The summed E-state index contributed by atoms with van der Waals surface area (Å²) in [4.78, 5) is 49.5. The lowest BCUT2D eigenvalue weighted by Gasteiger charge is -2.28. The maximum Gasteiger partial charge on any atom is 0.322 e. The number of aromatic nitrogens is 1. The summed E-state index contributed by atoms with van der Waals surface area (Å²) in [7, 11) is 1.32. The average molecular weight is 537 g/mol. The Morgan fingerprint density at radius 2 is 1.97 bits per heavy atom. The molecule has 4 amide bonds. The van der Waals surface area contributed by atoms with E-state index < -0.39 is 29.2 Å². The molecule has 3 aromatic rings. The number of pyridine rings is 1. The molecule has 12 heteroatoms. The van der Waals surface area contributed by atoms with E-state index in [0.717, 1.165) is 45.0 Å². The fourth-order valence-electron chi connectivity index (χ4n) is 5.64. The number of imide groups is 1. The first kappa shape index (κ1) is 25.1. The molecule has 1 aromatic carbocycles. The molecule has 0 saturated carbocycles. The quantitative estimate of drug-likeness (QED) is 0.460. The van der Waals surface area contributed by atoms with Crippen LogP contribution in [0, 0.1) is 5.82 Å². The van der Waals surface area contributed by atoms with Gasteiger partial charge in [-0.2, -0.15) is 0 Å². The number of furan rings is 1. The van der Waals surface area contributed by atoms with E-state index in [2.05, 4.69) is 27.4 Å². The molecule has 5 heterocycles. The molecule has 39 heavy (non-hydrogen) atoms. The van der Waals surface area contributed by atoms with Gasteiger partial charge in [-0.15, -0.1) is 0 Å². The van der Waals surface area contributed by atoms with Gasteiger partial charge in [-0.3, -0.25) is 14.9 Å². The minimum atomic E-state index is -1.71. The van der Waals surface area contributed by atoms with Gasteiger partial charge in [0.2, 0.25) is 0 Å². The number of nitrogens with one attached hydrogen (secondary N) is 2. The second kappa shape index (κ2) is 9.53. The monoisotopic (exact) mass is 536 g/mol. The summed E-state index contributed by atoms with van der Waals surface area (Å²) in [6.07, 6.45) is 1.03. The van der Waals surface area contributed by atoms with Crippen LogP contribution in [0.4, 0.5) is 15.0 Å². The van der Waals surface area contributed by atoms with Crippen LogP contribution in [0.2, 0.25) is 0 Å². The second-order valence-corrected chi connectivity index (χ2v) is 10.0. The highest BCUT2D eigenvalue weighted by atomic mass is 19.1. The molecule has 11 nitrogen and oxygen atoms in total. The lowest BCUT2D eigenvalue weighted by atomic mass is 9.95. The number of likely N-dealkylation sites (N-methyl/N-ethyl adjacent to an activating group) is 1. The van der Waals surface area contributed by atoms with Crippen LogP contribution in [-0.2, 0) is 16.9 Å². The van der Waals surface area contributed by atoms with Crippen LogP contribution in [0.15, 0.2) is 34.7 Å². The van der Waals surface area contributed by atoms with Crippen molar-refractivity contribution >= 4 is 34.8 Å². The highest BCUT2D eigenvalue weighted by molar-refractivity contribution is 6.08. The van der Waals surface area contributed by atoms with Crippen molar-refractivity contribution in [2.24, 2.45) is 0 Å². The van der Waals surface area contributed by atoms with Gasteiger partial charge in [0.05, 0.1) is 19.2 Å². The highest BCUT2D eigenvalue weighted by Gasteiger charge is 2.53. The lowest BCUT2D eigenvalue weighted by molar-refractivity contribution is -0.125. The number of methoxy groups -OCH3 is 1. The summed E-state index contributed by atoms with van der Waals surface area (Å²) in [6, 6.07) is 7.66. The molecule has 1 unspecified atom stereocenters. The Kier molecular flexibility index (Phi) is 6.13. The second-order valence-electron chi connectivity index (χ2n) is 10.0. The standard InChI is InChI=1S/C27H29FN6O5/c1-3-32-9-4-10-33(12-11-32)21-8-7-18-17(29-21)13-20(39-18)27(25(36)30-26(37)31-27)15-34-14-16-5-6-19(38-2)23(28)22(16)24(34)35/h5-8,13H,3-4,9-12,14-15H2,1-2H3,(H2,30,31,36,37). The van der Waals surface area contributed by atoms with E-state index in [4.69, 9.17) is 14.1 Å². The third-order valence-electron chi connectivity index (χ3n) is 7.78. The number of hydrogen-bond acceptors (Lipinski definition) is 8. The van der Waals surface area contributed by atoms with Gasteiger partial charge in [0.15, 0.2) is 22.7 Å². The van der Waals surface area contributed by atoms with Gasteiger partial charge >= 0.3 is 6.03 Å². The minimum Gasteiger partial charge on any atom is -0.494 e. The molecule has 2 fully saturated rings. The first-order chi connectivity index (χ1) is 18.8. The maximum atomic E-state index is 14.9. The van der Waals surface area contributed by atoms with Crippen LogP contribution in [0.5, 0.6) is 5.75 Å². The van der Waals surface area contributed by atoms with E-state index in [9.17, 15) is 18.8 Å². The van der Waals surface area contributed by atoms with Gasteiger partial charge in [-0.25, -0.2) is 14.2 Å². The van der Waals surface area contributed by atoms with Gasteiger partial charge in [0, 0.05) is 32.2 Å². The van der Waals surface area contributed by atoms with E-state index in [1.165, 1.54) is 18.1 Å². The average Bonchev–Trinajstić information content (AvgIpc) is 3.50. The number of nitrogens with zero attached hydrogens (tertiary/aromatic N) is 4. The van der Waals surface area contributed by atoms with E-state index in [1.807, 2.05) is 6.07 Å². The summed E-state index contributed by atoms with van der Waals surface area (Å²) in [5.74, 6) is -1.13. The number of carbonyl (C=O) groups is 3. The topological polar surface area (TPSA) is 120 Å². The molecule has 0 bridgehead atoms. The highest BCUT2D eigenvalue weighted by Crippen LogP contribution is 2.36. The van der Waals surface area contributed by atoms with Crippen LogP contribution in [0.3, 0.4) is 0 Å². The number of halogens is 1. The molecule has 3 aliphatic rings. The number of carbonyl (C=O) groups excluding carboxylic acids is 3. The lowest BCUT2D eigenvalue weighted by Crippen LogP contribution is -2.52. The van der Waals surface area contributed by atoms with Crippen molar-refractivity contribution in [2.45, 2.75) is 25.4 Å². The number of anilines is 1. The molecule has 0 radical (unpaired) electrons. The Balaban J connectivity index is 1.32. The SMILES string of the molecule is CCN1CCCN(c2ccc3oc(C4(CN5Cc6ccc(OC)c(F)c6C5=O)NC(=O)NC4=O)cc3n2)CC1. The van der Waals surface area contributed by atoms with Gasteiger partial charge in [-0.1, -0.05) is 13.0 Å². The fraction of sp³-hybridized carbons (Fsp3) is 0.407. The summed E-state index contributed by atoms with van der Waals surface area (Å²) >= 11 is 0. The minimum absolute atomic E-state index is 0.0449. The third-order valence-corrected chi connectivity index (χ3v) is 7.78. The van der Waals surface area contributed by atoms with Crippen molar-refractivity contribution in [3.8, 4) is 5.75 Å². The van der Waals surface area contributed by atoms with Gasteiger partial charge in [0.25, 0.3) is 11.8 Å². The molecule has 0 aliphatic carbocycles. The van der Waals surface area contributed by atoms with Crippen LogP contribution in [-0.4, -0.2) is 79.0 Å². The molecule has 2 aromatic heterocycles. The Morgan fingerprint density at radius 3 is 2.72 bits per heavy atom. The van der Waals surface area contributed by atoms with Gasteiger partial charge < -0.3 is 29.2 Å². The summed E-state index contributed by atoms with van der Waals surface area (Å²) in [5, 5.41) is 4.91. The molecule has 0 spiro atoms. The summed E-state index contributed by atoms with van der Waals surface area (Å²) in [6.45, 7) is 6.67. The summed E-state index contributed by atoms with van der Waals surface area (Å²) < 4.78 is 26.0. The molecule has 1 atom stereocenters. The Labute approximate surface area is 223 Å². The predicted octanol–water partition coefficient (Wildman–Crippen LogP) is 2.20. The zero-order chi connectivity index (χ0) is 27.3. The number of benzene rings is 1. The largest absolute Gasteiger partial charge is 0.494 e. The van der Waals surface area contributed by atoms with Crippen LogP contribution in [0.1, 0.15) is 35.0 Å². The van der Waals surface area contributed by atoms with Crippen molar-refractivity contribution in [3.05, 3.63) is 53.0 Å². The van der Waals surface area contributed by atoms with Crippen molar-refractivity contribution in [1.82, 2.24) is 25.4 Å². The van der Waals surface area contributed by atoms with Crippen LogP contribution in [0.25, 0.3) is 11.1 Å². The Hall–Kier alpha value is -4.19. The molecular weight excluding hydrogens is 507 g/mol. The number of rotatable bonds is 6. The van der Waals surface area contributed by atoms with E-state index >= 15 is 0 Å². The molecule has 2 N–H and O–H groups in total. The number of amides is 4. The van der Waals surface area contributed by atoms with Crippen LogP contribution < -0.4 is 20.3 Å². The van der Waals surface area contributed by atoms with Gasteiger partial charge in [-0.05, 0) is 43.3 Å². The third kappa shape index (κ3) is 4.15. The molecular formula is C27H29FN6O5. The smallest absolute Gasteiger partial charge is 0.322 e. The normalized spacial score (nSPS) is 21.8. The number of ether oxygens (including phenoxy) is 1. The summed E-state index contributed by atoms with van der Waals surface area (Å²) in [5.41, 5.74) is -0.379. The zero-order valence-electron chi connectivity index (χ0n) is 21.8. The number of hydrogen-bond donors (Lipinski definition) is 2. The number of urea groups is 1. The van der Waals surface area contributed by atoms with E-state index in [-0.39, 0.29) is 30.2 Å². The van der Waals surface area contributed by atoms with Gasteiger partial charge in [0.1, 0.15) is 17.1 Å². The van der Waals surface area contributed by atoms with Crippen molar-refractivity contribution in [3.63, 3.8) is 0 Å². The molecule has 204 valence electrons. The molecule has 2 saturated heterocycles. The van der Waals surface area contributed by atoms with Crippen molar-refractivity contribution in [1.29, 1.82) is 0 Å². The van der Waals surface area contributed by atoms with Crippen LogP contribution >= 0.6 is 0 Å². The first-order valence-corrected chi connectivity index (χ1v) is 13.0. The Morgan fingerprint density at radius 1 is 1.13 bits per heavy atom.